The second kappa shape index (κ2) is 9.71. The lowest BCUT2D eigenvalue weighted by Gasteiger charge is -2.50. The van der Waals surface area contributed by atoms with Crippen LogP contribution in [0.2, 0.25) is 0 Å². The van der Waals surface area contributed by atoms with Crippen LogP contribution in [-0.4, -0.2) is 12.1 Å². The van der Waals surface area contributed by atoms with E-state index >= 15 is 0 Å². The first-order valence-electron chi connectivity index (χ1n) is 13.2. The van der Waals surface area contributed by atoms with Crippen LogP contribution in [0, 0.1) is 23.1 Å². The summed E-state index contributed by atoms with van der Waals surface area (Å²) in [7, 11) is 0. The largest absolute Gasteiger partial charge is 0.489 e. The summed E-state index contributed by atoms with van der Waals surface area (Å²) < 4.78 is 25.9. The summed E-state index contributed by atoms with van der Waals surface area (Å²) in [6, 6.07) is 13.3. The molecule has 182 valence electrons. The Balaban J connectivity index is 1.27. The van der Waals surface area contributed by atoms with Gasteiger partial charge in [0, 0.05) is 17.4 Å². The monoisotopic (exact) mass is 464 g/mol. The fourth-order valence-electron chi connectivity index (χ4n) is 7.11. The fraction of sp³-hybridized carbons (Fsp3) is 0.567. The molecule has 0 heterocycles. The molecule has 5 rings (SSSR count). The number of halogens is 1. The van der Waals surface area contributed by atoms with Crippen LogP contribution in [0.5, 0.6) is 5.75 Å². The molecule has 3 aliphatic rings. The molecule has 0 spiro atoms. The van der Waals surface area contributed by atoms with E-state index in [2.05, 4.69) is 32.0 Å². The topological polar surface area (TPSA) is 35.5 Å². The van der Waals surface area contributed by atoms with Gasteiger partial charge >= 0.3 is 5.97 Å². The predicted octanol–water partition coefficient (Wildman–Crippen LogP) is 7.36. The summed E-state index contributed by atoms with van der Waals surface area (Å²) >= 11 is 0. The van der Waals surface area contributed by atoms with E-state index in [1.807, 2.05) is 6.07 Å². The van der Waals surface area contributed by atoms with Gasteiger partial charge in [0.1, 0.15) is 24.3 Å². The summed E-state index contributed by atoms with van der Waals surface area (Å²) in [6.45, 7) is 4.74. The molecule has 5 atom stereocenters. The highest BCUT2D eigenvalue weighted by Crippen LogP contribution is 2.61. The first-order chi connectivity index (χ1) is 16.5. The Labute approximate surface area is 203 Å². The van der Waals surface area contributed by atoms with Gasteiger partial charge in [0.25, 0.3) is 0 Å². The summed E-state index contributed by atoms with van der Waals surface area (Å²) in [6.07, 6.45) is 9.27. The Hall–Kier alpha value is -2.36. The highest BCUT2D eigenvalue weighted by atomic mass is 19.1. The minimum atomic E-state index is -0.223. The van der Waals surface area contributed by atoms with Gasteiger partial charge in [-0.1, -0.05) is 44.5 Å². The molecular formula is C30H37FO3. The van der Waals surface area contributed by atoms with Gasteiger partial charge in [-0.25, -0.2) is 4.39 Å². The van der Waals surface area contributed by atoms with E-state index in [0.717, 1.165) is 44.3 Å². The maximum Gasteiger partial charge on any atom is 0.306 e. The van der Waals surface area contributed by atoms with Crippen molar-refractivity contribution in [3.05, 3.63) is 65.0 Å². The molecule has 3 nitrogen and oxygen atoms in total. The molecule has 0 bridgehead atoms. The molecule has 0 N–H and O–H groups in total. The Morgan fingerprint density at radius 2 is 1.97 bits per heavy atom. The molecule has 0 amide bonds. The van der Waals surface area contributed by atoms with Crippen molar-refractivity contribution < 1.29 is 18.7 Å². The van der Waals surface area contributed by atoms with Crippen molar-refractivity contribution in [1.29, 1.82) is 0 Å². The van der Waals surface area contributed by atoms with E-state index in [-0.39, 0.29) is 29.9 Å². The zero-order valence-electron chi connectivity index (χ0n) is 20.5. The lowest BCUT2D eigenvalue weighted by atomic mass is 9.55. The van der Waals surface area contributed by atoms with Crippen molar-refractivity contribution in [1.82, 2.24) is 0 Å². The third-order valence-electron chi connectivity index (χ3n) is 8.97. The number of ether oxygens (including phenoxy) is 2. The zero-order valence-corrected chi connectivity index (χ0v) is 20.5. The van der Waals surface area contributed by atoms with Crippen molar-refractivity contribution in [3.8, 4) is 5.75 Å². The number of unbranched alkanes of at least 4 members (excludes halogenated alkanes) is 1. The predicted molar refractivity (Wildman–Crippen MR) is 131 cm³/mol. The van der Waals surface area contributed by atoms with Gasteiger partial charge in [-0.2, -0.15) is 0 Å². The van der Waals surface area contributed by atoms with Crippen LogP contribution >= 0.6 is 0 Å². The highest BCUT2D eigenvalue weighted by Gasteiger charge is 2.56. The molecule has 2 aromatic rings. The lowest BCUT2D eigenvalue weighted by molar-refractivity contribution is -0.157. The number of rotatable bonds is 7. The van der Waals surface area contributed by atoms with Crippen LogP contribution in [-0.2, 0) is 22.6 Å². The molecule has 4 heteroatoms. The number of aryl methyl sites for hydroxylation is 1. The van der Waals surface area contributed by atoms with Crippen LogP contribution < -0.4 is 4.74 Å². The van der Waals surface area contributed by atoms with Crippen molar-refractivity contribution in [2.75, 3.05) is 0 Å². The van der Waals surface area contributed by atoms with Crippen LogP contribution in [0.1, 0.15) is 87.8 Å². The Morgan fingerprint density at radius 3 is 2.79 bits per heavy atom. The lowest BCUT2D eigenvalue weighted by Crippen LogP contribution is -2.45. The second-order valence-electron chi connectivity index (χ2n) is 10.9. The van der Waals surface area contributed by atoms with E-state index in [9.17, 15) is 9.18 Å². The summed E-state index contributed by atoms with van der Waals surface area (Å²) in [5.41, 5.74) is 3.55. The van der Waals surface area contributed by atoms with Crippen LogP contribution in [0.4, 0.5) is 4.39 Å². The van der Waals surface area contributed by atoms with E-state index in [4.69, 9.17) is 9.47 Å². The number of esters is 1. The number of carbonyl (C=O) groups excluding carboxylic acids is 1. The minimum absolute atomic E-state index is 0.00671. The number of hydrogen-bond acceptors (Lipinski definition) is 3. The molecule has 0 saturated heterocycles. The Morgan fingerprint density at radius 1 is 1.12 bits per heavy atom. The first-order valence-corrected chi connectivity index (χ1v) is 13.2. The molecular weight excluding hydrogens is 427 g/mol. The number of hydrogen-bond donors (Lipinski definition) is 0. The van der Waals surface area contributed by atoms with E-state index in [1.165, 1.54) is 30.0 Å². The van der Waals surface area contributed by atoms with Gasteiger partial charge in [-0.05, 0) is 92.0 Å². The van der Waals surface area contributed by atoms with Crippen molar-refractivity contribution in [2.45, 2.75) is 90.3 Å². The fourth-order valence-corrected chi connectivity index (χ4v) is 7.11. The van der Waals surface area contributed by atoms with Gasteiger partial charge < -0.3 is 9.47 Å². The second-order valence-corrected chi connectivity index (χ2v) is 10.9. The first kappa shape index (κ1) is 23.4. The molecule has 3 aliphatic carbocycles. The standard InChI is InChI=1S/C30H37FO3/c1-3-4-9-29(32)34-28-15-14-26-25-12-10-20-18-22(33-19-21-7-5-6-8-27(21)31)11-13-23(20)24(25)16-17-30(26,28)2/h5-8,11,13,18,24-26,28H,3-4,9-10,12,14-17,19H2,1-2H3/t24-,25+,26+,28+,30+/m1/s1. The van der Waals surface area contributed by atoms with E-state index < -0.39 is 0 Å². The third-order valence-corrected chi connectivity index (χ3v) is 8.97. The molecule has 34 heavy (non-hydrogen) atoms. The molecule has 2 aromatic carbocycles. The molecule has 0 aromatic heterocycles. The molecule has 0 aliphatic heterocycles. The summed E-state index contributed by atoms with van der Waals surface area (Å²) in [5, 5.41) is 0. The van der Waals surface area contributed by atoms with Crippen molar-refractivity contribution >= 4 is 5.97 Å². The molecule has 0 unspecified atom stereocenters. The smallest absolute Gasteiger partial charge is 0.306 e. The van der Waals surface area contributed by atoms with Crippen molar-refractivity contribution in [2.24, 2.45) is 17.3 Å². The van der Waals surface area contributed by atoms with Gasteiger partial charge in [-0.3, -0.25) is 4.79 Å². The minimum Gasteiger partial charge on any atom is -0.489 e. The summed E-state index contributed by atoms with van der Waals surface area (Å²) in [5.74, 6) is 2.46. The maximum absolute atomic E-state index is 13.9. The Kier molecular flexibility index (Phi) is 6.68. The normalized spacial score (nSPS) is 29.6. The number of benzene rings is 2. The quantitative estimate of drug-likeness (QED) is 0.402. The van der Waals surface area contributed by atoms with Crippen LogP contribution in [0.15, 0.2) is 42.5 Å². The zero-order chi connectivity index (χ0) is 23.7. The SMILES string of the molecule is CCCCC(=O)O[C@H]1CC[C@H]2[C@H]3CCc4cc(OCc5ccccc5F)ccc4[C@H]3CC[C@]12C. The number of fused-ring (bicyclic) bond motifs is 5. The number of carbonyl (C=O) groups is 1. The average Bonchev–Trinajstić information content (AvgIpc) is 3.17. The van der Waals surface area contributed by atoms with Crippen LogP contribution in [0.25, 0.3) is 0 Å². The van der Waals surface area contributed by atoms with Crippen molar-refractivity contribution in [3.63, 3.8) is 0 Å². The molecule has 0 radical (unpaired) electrons. The van der Waals surface area contributed by atoms with Gasteiger partial charge in [0.15, 0.2) is 0 Å². The Bertz CT molecular complexity index is 1030. The van der Waals surface area contributed by atoms with Gasteiger partial charge in [-0.15, -0.1) is 0 Å². The average molecular weight is 465 g/mol. The summed E-state index contributed by atoms with van der Waals surface area (Å²) in [4.78, 5) is 12.4. The van der Waals surface area contributed by atoms with E-state index in [1.54, 1.807) is 12.1 Å². The molecule has 2 fully saturated rings. The highest BCUT2D eigenvalue weighted by molar-refractivity contribution is 5.69. The third kappa shape index (κ3) is 4.36. The van der Waals surface area contributed by atoms with Gasteiger partial charge in [0.2, 0.25) is 0 Å². The maximum atomic E-state index is 13.9. The van der Waals surface area contributed by atoms with Crippen LogP contribution in [0.3, 0.4) is 0 Å². The van der Waals surface area contributed by atoms with Gasteiger partial charge in [0.05, 0.1) is 0 Å². The molecule has 2 saturated carbocycles. The van der Waals surface area contributed by atoms with E-state index in [0.29, 0.717) is 29.7 Å².